The summed E-state index contributed by atoms with van der Waals surface area (Å²) < 4.78 is 5.27. The molecule has 31 heavy (non-hydrogen) atoms. The standard InChI is InChI=1S/C22H21N3O5S/c1-4-16-8-10-18(11-9-16)24(15(3)26)22-23-17(13-31-22)12-30-21(27)20-14(2)6-5-7-19(20)25(28)29/h5-11,13H,4,12H2,1-3H3. The van der Waals surface area contributed by atoms with Crippen molar-refractivity contribution in [2.45, 2.75) is 33.8 Å². The number of aromatic nitrogens is 1. The first-order valence-electron chi connectivity index (χ1n) is 9.57. The van der Waals surface area contributed by atoms with E-state index in [4.69, 9.17) is 4.74 Å². The van der Waals surface area contributed by atoms with Crippen molar-refractivity contribution in [2.75, 3.05) is 4.90 Å². The second kappa shape index (κ2) is 9.48. The zero-order valence-electron chi connectivity index (χ0n) is 17.3. The highest BCUT2D eigenvalue weighted by Gasteiger charge is 2.24. The molecule has 0 saturated heterocycles. The van der Waals surface area contributed by atoms with Crippen molar-refractivity contribution in [1.82, 2.24) is 4.98 Å². The predicted molar refractivity (Wildman–Crippen MR) is 118 cm³/mol. The number of amides is 1. The smallest absolute Gasteiger partial charge is 0.345 e. The van der Waals surface area contributed by atoms with E-state index in [0.717, 1.165) is 12.0 Å². The molecule has 2 aromatic carbocycles. The number of esters is 1. The SMILES string of the molecule is CCc1ccc(N(C(C)=O)c2nc(COC(=O)c3c(C)cccc3[N+](=O)[O-])cs2)cc1. The van der Waals surface area contributed by atoms with Crippen molar-refractivity contribution in [3.63, 3.8) is 0 Å². The lowest BCUT2D eigenvalue weighted by Crippen LogP contribution is -2.22. The van der Waals surface area contributed by atoms with Crippen LogP contribution in [-0.2, 0) is 22.6 Å². The molecule has 0 aliphatic rings. The van der Waals surface area contributed by atoms with Gasteiger partial charge in [0, 0.05) is 18.4 Å². The van der Waals surface area contributed by atoms with Gasteiger partial charge < -0.3 is 4.74 Å². The monoisotopic (exact) mass is 439 g/mol. The second-order valence-corrected chi connectivity index (χ2v) is 7.63. The van der Waals surface area contributed by atoms with Crippen LogP contribution >= 0.6 is 11.3 Å². The molecule has 0 spiro atoms. The number of hydrogen-bond acceptors (Lipinski definition) is 7. The third-order valence-electron chi connectivity index (χ3n) is 4.65. The molecule has 0 radical (unpaired) electrons. The minimum atomic E-state index is -0.794. The fourth-order valence-electron chi connectivity index (χ4n) is 3.05. The normalized spacial score (nSPS) is 10.5. The van der Waals surface area contributed by atoms with Gasteiger partial charge in [0.25, 0.3) is 5.69 Å². The third-order valence-corrected chi connectivity index (χ3v) is 5.53. The van der Waals surface area contributed by atoms with E-state index in [-0.39, 0.29) is 23.8 Å². The molecule has 160 valence electrons. The molecule has 0 saturated carbocycles. The van der Waals surface area contributed by atoms with Gasteiger partial charge in [0.15, 0.2) is 5.13 Å². The number of nitro benzene ring substituents is 1. The third kappa shape index (κ3) is 4.95. The Labute approximate surface area is 183 Å². The summed E-state index contributed by atoms with van der Waals surface area (Å²) in [7, 11) is 0. The summed E-state index contributed by atoms with van der Waals surface area (Å²) in [4.78, 5) is 41.2. The van der Waals surface area contributed by atoms with Crippen LogP contribution in [0.2, 0.25) is 0 Å². The van der Waals surface area contributed by atoms with E-state index in [1.165, 1.54) is 35.3 Å². The molecule has 1 amide bonds. The molecule has 0 bridgehead atoms. The maximum atomic E-state index is 12.5. The van der Waals surface area contributed by atoms with Crippen LogP contribution in [0.1, 0.15) is 41.0 Å². The number of rotatable bonds is 7. The van der Waals surface area contributed by atoms with E-state index in [0.29, 0.717) is 22.1 Å². The lowest BCUT2D eigenvalue weighted by Gasteiger charge is -2.18. The van der Waals surface area contributed by atoms with Crippen LogP contribution in [-0.4, -0.2) is 21.8 Å². The van der Waals surface area contributed by atoms with Crippen molar-refractivity contribution >= 4 is 39.7 Å². The number of nitrogens with zero attached hydrogens (tertiary/aromatic N) is 3. The molecule has 9 heteroatoms. The number of hydrogen-bond donors (Lipinski definition) is 0. The fourth-order valence-corrected chi connectivity index (χ4v) is 3.93. The number of carbonyl (C=O) groups excluding carboxylic acids is 2. The molecule has 0 fully saturated rings. The van der Waals surface area contributed by atoms with Crippen molar-refractivity contribution < 1.29 is 19.2 Å². The van der Waals surface area contributed by atoms with Gasteiger partial charge in [-0.2, -0.15) is 0 Å². The Kier molecular flexibility index (Phi) is 6.76. The predicted octanol–water partition coefficient (Wildman–Crippen LogP) is 4.96. The fraction of sp³-hybridized carbons (Fsp3) is 0.227. The molecular formula is C22H21N3O5S. The van der Waals surface area contributed by atoms with E-state index in [1.807, 2.05) is 24.3 Å². The zero-order chi connectivity index (χ0) is 22.5. The zero-order valence-corrected chi connectivity index (χ0v) is 18.1. The summed E-state index contributed by atoms with van der Waals surface area (Å²) >= 11 is 1.24. The Morgan fingerprint density at radius 2 is 1.90 bits per heavy atom. The molecule has 0 N–H and O–H groups in total. The number of carbonyl (C=O) groups is 2. The van der Waals surface area contributed by atoms with Crippen molar-refractivity contribution in [2.24, 2.45) is 0 Å². The Morgan fingerprint density at radius 1 is 1.19 bits per heavy atom. The molecule has 3 rings (SSSR count). The average molecular weight is 439 g/mol. The van der Waals surface area contributed by atoms with Crippen LogP contribution in [0.4, 0.5) is 16.5 Å². The van der Waals surface area contributed by atoms with Gasteiger partial charge >= 0.3 is 5.97 Å². The molecule has 1 heterocycles. The molecule has 1 aromatic heterocycles. The molecule has 8 nitrogen and oxygen atoms in total. The first-order valence-corrected chi connectivity index (χ1v) is 10.4. The van der Waals surface area contributed by atoms with Crippen LogP contribution < -0.4 is 4.90 Å². The number of nitro groups is 1. The van der Waals surface area contributed by atoms with Gasteiger partial charge in [0.1, 0.15) is 12.2 Å². The summed E-state index contributed by atoms with van der Waals surface area (Å²) in [6, 6.07) is 12.0. The summed E-state index contributed by atoms with van der Waals surface area (Å²) in [5.74, 6) is -0.990. The maximum Gasteiger partial charge on any atom is 0.345 e. The van der Waals surface area contributed by atoms with Gasteiger partial charge in [0.05, 0.1) is 16.3 Å². The molecule has 0 atom stereocenters. The van der Waals surface area contributed by atoms with Crippen LogP contribution in [0.25, 0.3) is 0 Å². The number of benzene rings is 2. The Hall–Kier alpha value is -3.59. The van der Waals surface area contributed by atoms with Crippen LogP contribution in [0, 0.1) is 17.0 Å². The molecule has 0 aliphatic carbocycles. The largest absolute Gasteiger partial charge is 0.455 e. The highest BCUT2D eigenvalue weighted by molar-refractivity contribution is 7.14. The molecule has 3 aromatic rings. The van der Waals surface area contributed by atoms with Crippen LogP contribution in [0.5, 0.6) is 0 Å². The Bertz CT molecular complexity index is 1120. The van der Waals surface area contributed by atoms with E-state index < -0.39 is 10.9 Å². The van der Waals surface area contributed by atoms with Crippen molar-refractivity contribution in [1.29, 1.82) is 0 Å². The van der Waals surface area contributed by atoms with Gasteiger partial charge in [0.2, 0.25) is 5.91 Å². The second-order valence-electron chi connectivity index (χ2n) is 6.80. The number of anilines is 2. The highest BCUT2D eigenvalue weighted by atomic mass is 32.1. The van der Waals surface area contributed by atoms with Gasteiger partial charge in [-0.1, -0.05) is 31.2 Å². The molecule has 0 unspecified atom stereocenters. The van der Waals surface area contributed by atoms with Crippen LogP contribution in [0.3, 0.4) is 0 Å². The van der Waals surface area contributed by atoms with E-state index >= 15 is 0 Å². The number of thiazole rings is 1. The van der Waals surface area contributed by atoms with E-state index in [1.54, 1.807) is 18.4 Å². The van der Waals surface area contributed by atoms with Gasteiger partial charge in [-0.3, -0.25) is 19.8 Å². The van der Waals surface area contributed by atoms with Crippen molar-refractivity contribution in [3.8, 4) is 0 Å². The minimum Gasteiger partial charge on any atom is -0.455 e. The molecule has 0 aliphatic heterocycles. The Morgan fingerprint density at radius 3 is 2.52 bits per heavy atom. The van der Waals surface area contributed by atoms with Gasteiger partial charge in [-0.15, -0.1) is 11.3 Å². The molecular weight excluding hydrogens is 418 g/mol. The number of ether oxygens (including phenoxy) is 1. The highest BCUT2D eigenvalue weighted by Crippen LogP contribution is 2.30. The summed E-state index contributed by atoms with van der Waals surface area (Å²) in [6.45, 7) is 4.95. The quantitative estimate of drug-likeness (QED) is 0.293. The average Bonchev–Trinajstić information content (AvgIpc) is 3.20. The minimum absolute atomic E-state index is 0.0793. The first-order chi connectivity index (χ1) is 14.8. The van der Waals surface area contributed by atoms with E-state index in [2.05, 4.69) is 11.9 Å². The maximum absolute atomic E-state index is 12.5. The summed E-state index contributed by atoms with van der Waals surface area (Å²) in [5.41, 5.74) is 2.37. The first kappa shape index (κ1) is 22.1. The lowest BCUT2D eigenvalue weighted by molar-refractivity contribution is -0.385. The van der Waals surface area contributed by atoms with Crippen molar-refractivity contribution in [3.05, 3.63) is 80.3 Å². The van der Waals surface area contributed by atoms with Crippen LogP contribution in [0.15, 0.2) is 47.8 Å². The van der Waals surface area contributed by atoms with Gasteiger partial charge in [-0.25, -0.2) is 9.78 Å². The number of aryl methyl sites for hydroxylation is 2. The topological polar surface area (TPSA) is 103 Å². The van der Waals surface area contributed by atoms with E-state index in [9.17, 15) is 19.7 Å². The Balaban J connectivity index is 1.77. The lowest BCUT2D eigenvalue weighted by atomic mass is 10.1. The van der Waals surface area contributed by atoms with Gasteiger partial charge in [-0.05, 0) is 36.6 Å². The summed E-state index contributed by atoms with van der Waals surface area (Å²) in [6.07, 6.45) is 0.895. The summed E-state index contributed by atoms with van der Waals surface area (Å²) in [5, 5.41) is 13.4.